The maximum Gasteiger partial charge on any atom is 0.294 e. The van der Waals surface area contributed by atoms with E-state index in [0.717, 1.165) is 36.2 Å². The molecule has 0 saturated carbocycles. The van der Waals surface area contributed by atoms with Crippen molar-refractivity contribution < 1.29 is 14.4 Å². The molecule has 0 spiro atoms. The van der Waals surface area contributed by atoms with Gasteiger partial charge in [-0.3, -0.25) is 19.3 Å². The number of carbonyl (C=O) groups is 3. The number of anilines is 1. The van der Waals surface area contributed by atoms with Gasteiger partial charge in [-0.15, -0.1) is 11.3 Å². The highest BCUT2D eigenvalue weighted by molar-refractivity contribution is 8.18. The van der Waals surface area contributed by atoms with Crippen LogP contribution in [0, 0.1) is 6.92 Å². The highest BCUT2D eigenvalue weighted by Gasteiger charge is 2.36. The van der Waals surface area contributed by atoms with Gasteiger partial charge in [-0.2, -0.15) is 0 Å². The monoisotopic (exact) mass is 500 g/mol. The third-order valence-corrected chi connectivity index (χ3v) is 7.72. The molecule has 1 saturated heterocycles. The summed E-state index contributed by atoms with van der Waals surface area (Å²) in [5.41, 5.74) is 1.63. The molecule has 0 bridgehead atoms. The van der Waals surface area contributed by atoms with E-state index in [2.05, 4.69) is 5.32 Å². The summed E-state index contributed by atoms with van der Waals surface area (Å²) < 4.78 is 1.05. The molecule has 0 atom stereocenters. The van der Waals surface area contributed by atoms with Crippen molar-refractivity contribution in [1.29, 1.82) is 0 Å². The number of carbonyl (C=O) groups excluding carboxylic acids is 3. The van der Waals surface area contributed by atoms with Gasteiger partial charge in [0.2, 0.25) is 5.91 Å². The van der Waals surface area contributed by atoms with E-state index >= 15 is 0 Å². The number of halogens is 1. The quantitative estimate of drug-likeness (QED) is 0.389. The lowest BCUT2D eigenvalue weighted by Crippen LogP contribution is -2.36. The van der Waals surface area contributed by atoms with Gasteiger partial charge in [0.1, 0.15) is 6.54 Å². The normalized spacial score (nSPS) is 14.9. The Bertz CT molecular complexity index is 1220. The molecule has 4 rings (SSSR count). The van der Waals surface area contributed by atoms with Gasteiger partial charge < -0.3 is 5.32 Å². The smallest absolute Gasteiger partial charge is 0.294 e. The first-order chi connectivity index (χ1) is 15.4. The van der Waals surface area contributed by atoms with Gasteiger partial charge in [0.25, 0.3) is 11.1 Å². The molecule has 2 aromatic carbocycles. The number of nitrogens with zero attached hydrogens (tertiary/aromatic N) is 1. The van der Waals surface area contributed by atoms with Crippen LogP contribution < -0.4 is 5.32 Å². The summed E-state index contributed by atoms with van der Waals surface area (Å²) in [5, 5.41) is 2.96. The summed E-state index contributed by atoms with van der Waals surface area (Å²) in [7, 11) is 0. The Morgan fingerprint density at radius 3 is 2.66 bits per heavy atom. The lowest BCUT2D eigenvalue weighted by molar-refractivity contribution is -0.127. The van der Waals surface area contributed by atoms with Crippen molar-refractivity contribution in [1.82, 2.24) is 4.90 Å². The van der Waals surface area contributed by atoms with Crippen molar-refractivity contribution in [3.63, 3.8) is 0 Å². The van der Waals surface area contributed by atoms with Gasteiger partial charge in [-0.25, -0.2) is 0 Å². The van der Waals surface area contributed by atoms with Crippen LogP contribution in [0.2, 0.25) is 5.02 Å². The number of nitrogens with one attached hydrogen (secondary N) is 1. The second-order valence-corrected chi connectivity index (χ2v) is 10.8. The van der Waals surface area contributed by atoms with Crippen LogP contribution in [0.3, 0.4) is 0 Å². The molecular weight excluding hydrogens is 484 g/mol. The van der Waals surface area contributed by atoms with Gasteiger partial charge in [0.05, 0.1) is 9.11 Å². The number of amides is 3. The highest BCUT2D eigenvalue weighted by Crippen LogP contribution is 2.37. The summed E-state index contributed by atoms with van der Waals surface area (Å²) in [5.74, 6) is -0.878. The van der Waals surface area contributed by atoms with E-state index in [-0.39, 0.29) is 6.54 Å². The summed E-state index contributed by atoms with van der Waals surface area (Å²) in [6.45, 7) is 1.60. The minimum Gasteiger partial charge on any atom is -0.325 e. The molecule has 1 aliphatic rings. The molecule has 1 aliphatic heterocycles. The zero-order valence-corrected chi connectivity index (χ0v) is 20.0. The standard InChI is InChI=1S/C23H17ClN2O3S3/c1-14-3-2-4-16(11-14)25-20(27)13-26-22(28)19(32-23(26)29)12-18-9-10-21(31-18)30-17-7-5-15(24)6-8-17/h2-12H,13H2,1H3,(H,25,27)/b19-12-. The third-order valence-electron chi connectivity index (χ3n) is 4.38. The summed E-state index contributed by atoms with van der Waals surface area (Å²) in [4.78, 5) is 40.6. The Hall–Kier alpha value is -2.52. The van der Waals surface area contributed by atoms with Gasteiger partial charge in [0, 0.05) is 20.5 Å². The predicted octanol–water partition coefficient (Wildman–Crippen LogP) is 6.54. The fourth-order valence-corrected chi connectivity index (χ4v) is 6.01. The molecule has 3 amide bonds. The van der Waals surface area contributed by atoms with Gasteiger partial charge in [0.15, 0.2) is 0 Å². The maximum atomic E-state index is 12.7. The van der Waals surface area contributed by atoms with E-state index in [1.54, 1.807) is 23.9 Å². The Morgan fingerprint density at radius 2 is 1.91 bits per heavy atom. The lowest BCUT2D eigenvalue weighted by atomic mass is 10.2. The number of thioether (sulfide) groups is 1. The SMILES string of the molecule is Cc1cccc(NC(=O)CN2C(=O)S/C(=C\c3ccc(Sc4ccc(Cl)cc4)s3)C2=O)c1. The van der Waals surface area contributed by atoms with Crippen LogP contribution in [-0.4, -0.2) is 28.5 Å². The maximum absolute atomic E-state index is 12.7. The third kappa shape index (κ3) is 5.63. The molecule has 0 radical (unpaired) electrons. The van der Waals surface area contributed by atoms with E-state index < -0.39 is 17.1 Å². The van der Waals surface area contributed by atoms with Crippen LogP contribution in [0.25, 0.3) is 6.08 Å². The molecule has 1 aromatic heterocycles. The Labute approximate surface area is 202 Å². The second kappa shape index (κ2) is 9.95. The molecule has 0 unspecified atom stereocenters. The van der Waals surface area contributed by atoms with Crippen molar-refractivity contribution in [2.45, 2.75) is 16.0 Å². The van der Waals surface area contributed by atoms with Crippen LogP contribution in [0.4, 0.5) is 10.5 Å². The first kappa shape index (κ1) is 22.7. The molecule has 1 N–H and O–H groups in total. The van der Waals surface area contributed by atoms with E-state index in [1.807, 2.05) is 61.5 Å². The van der Waals surface area contributed by atoms with Crippen LogP contribution >= 0.6 is 46.5 Å². The zero-order valence-electron chi connectivity index (χ0n) is 16.8. The molecule has 32 heavy (non-hydrogen) atoms. The lowest BCUT2D eigenvalue weighted by Gasteiger charge is -2.12. The van der Waals surface area contributed by atoms with Gasteiger partial charge in [-0.1, -0.05) is 35.5 Å². The number of rotatable bonds is 6. The van der Waals surface area contributed by atoms with Gasteiger partial charge >= 0.3 is 0 Å². The summed E-state index contributed by atoms with van der Waals surface area (Å²) in [6, 6.07) is 18.8. The van der Waals surface area contributed by atoms with Crippen LogP contribution in [0.1, 0.15) is 10.4 Å². The number of hydrogen-bond donors (Lipinski definition) is 1. The molecular formula is C23H17ClN2O3S3. The first-order valence-electron chi connectivity index (χ1n) is 9.52. The molecule has 5 nitrogen and oxygen atoms in total. The van der Waals surface area contributed by atoms with Gasteiger partial charge in [-0.05, 0) is 78.9 Å². The number of hydrogen-bond acceptors (Lipinski definition) is 6. The van der Waals surface area contributed by atoms with Crippen LogP contribution in [0.15, 0.2) is 74.7 Å². The molecule has 9 heteroatoms. The summed E-state index contributed by atoms with van der Waals surface area (Å²) >= 11 is 9.89. The topological polar surface area (TPSA) is 66.5 Å². The Morgan fingerprint density at radius 1 is 1.12 bits per heavy atom. The zero-order chi connectivity index (χ0) is 22.7. The number of imide groups is 1. The molecule has 3 aromatic rings. The first-order valence-corrected chi connectivity index (χ1v) is 12.4. The Kier molecular flexibility index (Phi) is 7.05. The van der Waals surface area contributed by atoms with Crippen LogP contribution in [-0.2, 0) is 9.59 Å². The highest BCUT2D eigenvalue weighted by atomic mass is 35.5. The average Bonchev–Trinajstić information content (AvgIpc) is 3.29. The fraction of sp³-hybridized carbons (Fsp3) is 0.0870. The van der Waals surface area contributed by atoms with Crippen molar-refractivity contribution in [2.24, 2.45) is 0 Å². The predicted molar refractivity (Wildman–Crippen MR) is 132 cm³/mol. The Balaban J connectivity index is 1.40. The van der Waals surface area contributed by atoms with Crippen molar-refractivity contribution in [3.8, 4) is 0 Å². The molecule has 162 valence electrons. The number of thiophene rings is 1. The largest absolute Gasteiger partial charge is 0.325 e. The van der Waals surface area contributed by atoms with Crippen molar-refractivity contribution >= 4 is 75.3 Å². The van der Waals surface area contributed by atoms with E-state index in [0.29, 0.717) is 15.6 Å². The molecule has 1 fully saturated rings. The van der Waals surface area contributed by atoms with E-state index in [1.165, 1.54) is 11.3 Å². The number of aryl methyl sites for hydroxylation is 1. The minimum absolute atomic E-state index is 0.309. The minimum atomic E-state index is -0.459. The molecule has 0 aliphatic carbocycles. The number of benzene rings is 2. The van der Waals surface area contributed by atoms with E-state index in [4.69, 9.17) is 11.6 Å². The van der Waals surface area contributed by atoms with Crippen molar-refractivity contribution in [2.75, 3.05) is 11.9 Å². The second-order valence-electron chi connectivity index (χ2n) is 6.90. The fourth-order valence-electron chi connectivity index (χ4n) is 2.92. The van der Waals surface area contributed by atoms with E-state index in [9.17, 15) is 14.4 Å². The average molecular weight is 501 g/mol. The molecule has 2 heterocycles. The summed E-state index contributed by atoms with van der Waals surface area (Å²) in [6.07, 6.45) is 1.69. The van der Waals surface area contributed by atoms with Crippen molar-refractivity contribution in [3.05, 3.63) is 81.0 Å². The van der Waals surface area contributed by atoms with Crippen LogP contribution in [0.5, 0.6) is 0 Å².